The average Bonchev–Trinajstić information content (AvgIpc) is 2.18. The van der Waals surface area contributed by atoms with Gasteiger partial charge in [0.2, 0.25) is 0 Å². The molecule has 0 unspecified atom stereocenters. The van der Waals surface area contributed by atoms with Crippen LogP contribution in [0.5, 0.6) is 0 Å². The van der Waals surface area contributed by atoms with Gasteiger partial charge in [-0.3, -0.25) is 0 Å². The van der Waals surface area contributed by atoms with Crippen molar-refractivity contribution in [3.05, 3.63) is 36.2 Å². The number of aromatic nitrogens is 3. The van der Waals surface area contributed by atoms with Crippen molar-refractivity contribution in [3.8, 4) is 11.4 Å². The topological polar surface area (TPSA) is 38.7 Å². The lowest BCUT2D eigenvalue weighted by Gasteiger charge is -2.03. The van der Waals surface area contributed by atoms with Crippen LogP contribution in [-0.4, -0.2) is 22.8 Å². The molecule has 14 heavy (non-hydrogen) atoms. The Morgan fingerprint density at radius 3 is 2.64 bits per heavy atom. The second-order valence-corrected chi connectivity index (χ2v) is 2.98. The van der Waals surface area contributed by atoms with Crippen LogP contribution in [0.25, 0.3) is 11.4 Å². The van der Waals surface area contributed by atoms with Crippen LogP contribution in [0.15, 0.2) is 30.6 Å². The minimum atomic E-state index is 0.248. The summed E-state index contributed by atoms with van der Waals surface area (Å²) in [5, 5.41) is 0. The molecule has 0 amide bonds. The van der Waals surface area contributed by atoms with Crippen LogP contribution in [0.2, 0.25) is 0 Å². The Morgan fingerprint density at radius 1 is 1.14 bits per heavy atom. The number of rotatable bonds is 1. The third kappa shape index (κ3) is 1.64. The lowest BCUT2D eigenvalue weighted by molar-refractivity contribution is 1.09. The van der Waals surface area contributed by atoms with Crippen molar-refractivity contribution >= 4 is 13.6 Å². The summed E-state index contributed by atoms with van der Waals surface area (Å²) in [6, 6.07) is 7.89. The van der Waals surface area contributed by atoms with E-state index in [1.54, 1.807) is 0 Å². The third-order valence-electron chi connectivity index (χ3n) is 1.98. The van der Waals surface area contributed by atoms with E-state index in [1.807, 2.05) is 31.2 Å². The molecular weight excluding hydrogens is 173 g/mol. The minimum absolute atomic E-state index is 0.248. The Hall–Kier alpha value is -1.71. The monoisotopic (exact) mass is 181 g/mol. The zero-order valence-electron chi connectivity index (χ0n) is 7.81. The molecule has 1 heterocycles. The molecule has 0 saturated heterocycles. The molecule has 0 aliphatic carbocycles. The normalized spacial score (nSPS) is 10.1. The fourth-order valence-corrected chi connectivity index (χ4v) is 1.26. The second-order valence-electron chi connectivity index (χ2n) is 2.98. The highest BCUT2D eigenvalue weighted by Crippen LogP contribution is 2.16. The summed E-state index contributed by atoms with van der Waals surface area (Å²) in [6.07, 6.45) is 1.42. The lowest BCUT2D eigenvalue weighted by Crippen LogP contribution is -2.14. The summed E-state index contributed by atoms with van der Waals surface area (Å²) in [6.45, 7) is 2.01. The first-order chi connectivity index (χ1) is 6.77. The fraction of sp³-hybridized carbons (Fsp3) is 0.100. The van der Waals surface area contributed by atoms with Gasteiger partial charge in [-0.25, -0.2) is 15.0 Å². The molecule has 4 heteroatoms. The molecule has 2 radical (unpaired) electrons. The van der Waals surface area contributed by atoms with Gasteiger partial charge in [0.15, 0.2) is 13.7 Å². The molecule has 0 saturated carbocycles. The van der Waals surface area contributed by atoms with E-state index in [0.717, 1.165) is 11.1 Å². The molecule has 0 N–H and O–H groups in total. The summed E-state index contributed by atoms with van der Waals surface area (Å²) in [4.78, 5) is 11.9. The Balaban J connectivity index is 2.55. The van der Waals surface area contributed by atoms with Crippen molar-refractivity contribution in [1.29, 1.82) is 0 Å². The highest BCUT2D eigenvalue weighted by Gasteiger charge is 2.03. The van der Waals surface area contributed by atoms with Crippen LogP contribution in [0.3, 0.4) is 0 Å². The second kappa shape index (κ2) is 3.58. The maximum atomic E-state index is 5.48. The quantitative estimate of drug-likeness (QED) is 0.606. The zero-order valence-corrected chi connectivity index (χ0v) is 7.81. The molecule has 0 aliphatic rings. The fourth-order valence-electron chi connectivity index (χ4n) is 1.26. The van der Waals surface area contributed by atoms with E-state index in [1.165, 1.54) is 6.33 Å². The van der Waals surface area contributed by atoms with Crippen LogP contribution >= 0.6 is 0 Å². The van der Waals surface area contributed by atoms with Gasteiger partial charge in [0.05, 0.1) is 5.72 Å². The van der Waals surface area contributed by atoms with Crippen LogP contribution in [0.4, 0.5) is 0 Å². The number of benzene rings is 1. The molecule has 0 atom stereocenters. The summed E-state index contributed by atoms with van der Waals surface area (Å²) in [7, 11) is 5.48. The van der Waals surface area contributed by atoms with Gasteiger partial charge in [-0.15, -0.1) is 0 Å². The minimum Gasteiger partial charge on any atom is -0.234 e. The van der Waals surface area contributed by atoms with Gasteiger partial charge < -0.3 is 0 Å². The van der Waals surface area contributed by atoms with E-state index < -0.39 is 0 Å². The van der Waals surface area contributed by atoms with E-state index in [-0.39, 0.29) is 5.72 Å². The van der Waals surface area contributed by atoms with Gasteiger partial charge in [0, 0.05) is 5.56 Å². The average molecular weight is 181 g/mol. The van der Waals surface area contributed by atoms with E-state index >= 15 is 0 Å². The maximum absolute atomic E-state index is 5.48. The zero-order chi connectivity index (χ0) is 9.97. The molecular formula is C10H8BN3. The van der Waals surface area contributed by atoms with Gasteiger partial charge in [0.25, 0.3) is 0 Å². The number of hydrogen-bond donors (Lipinski definition) is 0. The molecule has 0 spiro atoms. The van der Waals surface area contributed by atoms with Crippen molar-refractivity contribution in [2.45, 2.75) is 6.92 Å². The van der Waals surface area contributed by atoms with Gasteiger partial charge in [-0.1, -0.05) is 24.3 Å². The summed E-state index contributed by atoms with van der Waals surface area (Å²) in [5.41, 5.74) is 2.36. The van der Waals surface area contributed by atoms with Crippen molar-refractivity contribution in [2.75, 3.05) is 0 Å². The van der Waals surface area contributed by atoms with Crippen LogP contribution < -0.4 is 5.72 Å². The molecule has 1 aromatic carbocycles. The standard InChI is InChI=1S/C10H8BN3/c1-7-4-2-3-5-8(7)9-12-6-13-10(11)14-9/h2-6H,1H3. The Bertz CT molecular complexity index is 457. The smallest absolute Gasteiger partial charge is 0.170 e. The predicted molar refractivity (Wildman–Crippen MR) is 55.4 cm³/mol. The largest absolute Gasteiger partial charge is 0.234 e. The van der Waals surface area contributed by atoms with E-state index in [2.05, 4.69) is 15.0 Å². The first-order valence-corrected chi connectivity index (χ1v) is 4.28. The van der Waals surface area contributed by atoms with Crippen LogP contribution in [0, 0.1) is 6.92 Å². The molecule has 0 bridgehead atoms. The molecule has 1 aromatic heterocycles. The number of nitrogens with zero attached hydrogens (tertiary/aromatic N) is 3. The number of hydrogen-bond acceptors (Lipinski definition) is 3. The molecule has 3 nitrogen and oxygen atoms in total. The molecule has 2 aromatic rings. The van der Waals surface area contributed by atoms with Crippen molar-refractivity contribution in [2.24, 2.45) is 0 Å². The highest BCUT2D eigenvalue weighted by molar-refractivity contribution is 6.29. The van der Waals surface area contributed by atoms with E-state index in [0.29, 0.717) is 5.82 Å². The summed E-state index contributed by atoms with van der Waals surface area (Å²) >= 11 is 0. The van der Waals surface area contributed by atoms with Crippen LogP contribution in [0.1, 0.15) is 5.56 Å². The van der Waals surface area contributed by atoms with Gasteiger partial charge in [0.1, 0.15) is 6.33 Å². The van der Waals surface area contributed by atoms with Gasteiger partial charge in [-0.05, 0) is 12.5 Å². The molecule has 2 rings (SSSR count). The summed E-state index contributed by atoms with van der Waals surface area (Å²) < 4.78 is 0. The predicted octanol–water partition coefficient (Wildman–Crippen LogP) is 0.641. The molecule has 66 valence electrons. The van der Waals surface area contributed by atoms with E-state index in [4.69, 9.17) is 7.85 Å². The molecule has 0 fully saturated rings. The van der Waals surface area contributed by atoms with E-state index in [9.17, 15) is 0 Å². The lowest BCUT2D eigenvalue weighted by atomic mass is 10.1. The Kier molecular flexibility index (Phi) is 2.27. The molecule has 0 aliphatic heterocycles. The maximum Gasteiger partial charge on any atom is 0.170 e. The third-order valence-corrected chi connectivity index (χ3v) is 1.98. The highest BCUT2D eigenvalue weighted by atomic mass is 15.0. The van der Waals surface area contributed by atoms with Crippen molar-refractivity contribution in [3.63, 3.8) is 0 Å². The first kappa shape index (κ1) is 8.87. The van der Waals surface area contributed by atoms with Gasteiger partial charge >= 0.3 is 0 Å². The SMILES string of the molecule is [B]c1ncnc(-c2ccccc2C)n1. The van der Waals surface area contributed by atoms with Crippen LogP contribution in [-0.2, 0) is 0 Å². The number of aryl methyl sites for hydroxylation is 1. The summed E-state index contributed by atoms with van der Waals surface area (Å²) in [5.74, 6) is 0.621. The van der Waals surface area contributed by atoms with Gasteiger partial charge in [-0.2, -0.15) is 0 Å². The first-order valence-electron chi connectivity index (χ1n) is 4.28. The Labute approximate surface area is 83.7 Å². The Morgan fingerprint density at radius 2 is 1.93 bits per heavy atom. The van der Waals surface area contributed by atoms with Crippen molar-refractivity contribution < 1.29 is 0 Å². The van der Waals surface area contributed by atoms with Crippen molar-refractivity contribution in [1.82, 2.24) is 15.0 Å².